The number of nitrogens with zero attached hydrogens (tertiary/aromatic N) is 3. The number of aromatic nitrogens is 2. The molecule has 0 aliphatic carbocycles. The minimum atomic E-state index is 0.973. The molecule has 1 aliphatic rings. The minimum Gasteiger partial charge on any atom is -0.303 e. The second-order valence-electron chi connectivity index (χ2n) is 4.10. The third-order valence-corrected chi connectivity index (χ3v) is 3.92. The quantitative estimate of drug-likeness (QED) is 0.760. The highest BCUT2D eigenvalue weighted by Crippen LogP contribution is 2.33. The van der Waals surface area contributed by atoms with Gasteiger partial charge in [0.15, 0.2) is 5.16 Å². The summed E-state index contributed by atoms with van der Waals surface area (Å²) < 4.78 is 4.69. The van der Waals surface area contributed by atoms with Crippen LogP contribution in [-0.2, 0) is 6.67 Å². The van der Waals surface area contributed by atoms with Crippen molar-refractivity contribution >= 4 is 23.0 Å². The molecule has 2 aromatic rings. The van der Waals surface area contributed by atoms with Crippen molar-refractivity contribution in [3.05, 3.63) is 24.3 Å². The monoisotopic (exact) mass is 233 g/mol. The van der Waals surface area contributed by atoms with Crippen LogP contribution in [0.1, 0.15) is 19.8 Å². The van der Waals surface area contributed by atoms with Gasteiger partial charge < -0.3 is 4.57 Å². The first-order chi connectivity index (χ1) is 7.88. The van der Waals surface area contributed by atoms with Gasteiger partial charge in [-0.25, -0.2) is 9.29 Å². The molecule has 0 radical (unpaired) electrons. The number of fused-ring (bicyclic) bond motifs is 3. The summed E-state index contributed by atoms with van der Waals surface area (Å²) in [5.74, 6) is 0. The summed E-state index contributed by atoms with van der Waals surface area (Å²) in [6.45, 7) is 4.36. The van der Waals surface area contributed by atoms with Crippen LogP contribution in [0.2, 0.25) is 0 Å². The van der Waals surface area contributed by atoms with Crippen LogP contribution >= 0.6 is 11.9 Å². The zero-order valence-electron chi connectivity index (χ0n) is 9.39. The first-order valence-electron chi connectivity index (χ1n) is 5.76. The molecule has 1 aromatic carbocycles. The van der Waals surface area contributed by atoms with Gasteiger partial charge >= 0.3 is 0 Å². The molecule has 1 aliphatic heterocycles. The lowest BCUT2D eigenvalue weighted by atomic mass is 10.3. The van der Waals surface area contributed by atoms with Crippen LogP contribution in [0.15, 0.2) is 29.4 Å². The summed E-state index contributed by atoms with van der Waals surface area (Å²) in [5, 5.41) is 1.14. The van der Waals surface area contributed by atoms with Crippen LogP contribution in [0, 0.1) is 0 Å². The molecule has 0 bridgehead atoms. The number of hydrogen-bond acceptors (Lipinski definition) is 3. The van der Waals surface area contributed by atoms with Gasteiger partial charge in [-0.3, -0.25) is 0 Å². The highest BCUT2D eigenvalue weighted by molar-refractivity contribution is 7.97. The van der Waals surface area contributed by atoms with E-state index in [1.807, 2.05) is 6.07 Å². The zero-order valence-corrected chi connectivity index (χ0v) is 10.2. The van der Waals surface area contributed by atoms with Gasteiger partial charge in [0.25, 0.3) is 0 Å². The maximum absolute atomic E-state index is 4.64. The van der Waals surface area contributed by atoms with Crippen LogP contribution in [0.5, 0.6) is 0 Å². The van der Waals surface area contributed by atoms with Crippen LogP contribution in [0.25, 0.3) is 11.0 Å². The van der Waals surface area contributed by atoms with Crippen molar-refractivity contribution < 1.29 is 0 Å². The normalized spacial score (nSPS) is 15.8. The van der Waals surface area contributed by atoms with E-state index in [0.717, 1.165) is 23.9 Å². The molecule has 4 heteroatoms. The lowest BCUT2D eigenvalue weighted by Gasteiger charge is -2.11. The van der Waals surface area contributed by atoms with Gasteiger partial charge in [0.1, 0.15) is 0 Å². The van der Waals surface area contributed by atoms with E-state index in [2.05, 4.69) is 39.0 Å². The van der Waals surface area contributed by atoms with Crippen molar-refractivity contribution in [3.8, 4) is 0 Å². The molecule has 1 aromatic heterocycles. The molecule has 84 valence electrons. The molecule has 2 heterocycles. The van der Waals surface area contributed by atoms with Crippen LogP contribution in [-0.4, -0.2) is 20.4 Å². The zero-order chi connectivity index (χ0) is 11.0. The third kappa shape index (κ3) is 1.62. The Morgan fingerprint density at radius 2 is 2.25 bits per heavy atom. The topological polar surface area (TPSA) is 21.1 Å². The van der Waals surface area contributed by atoms with Crippen molar-refractivity contribution in [2.24, 2.45) is 0 Å². The maximum atomic E-state index is 4.64. The molecule has 0 amide bonds. The smallest absolute Gasteiger partial charge is 0.185 e. The fourth-order valence-electron chi connectivity index (χ4n) is 2.01. The number of para-hydroxylation sites is 2. The lowest BCUT2D eigenvalue weighted by molar-refractivity contribution is 0.397. The number of benzene rings is 1. The van der Waals surface area contributed by atoms with Gasteiger partial charge in [-0.15, -0.1) is 0 Å². The summed E-state index contributed by atoms with van der Waals surface area (Å²) >= 11 is 1.79. The van der Waals surface area contributed by atoms with Gasteiger partial charge in [0.05, 0.1) is 17.7 Å². The molecule has 3 rings (SSSR count). The Labute approximate surface area is 99.6 Å². The number of unbranched alkanes of at least 4 members (excludes halogenated alkanes) is 1. The van der Waals surface area contributed by atoms with E-state index in [4.69, 9.17) is 0 Å². The average molecular weight is 233 g/mol. The van der Waals surface area contributed by atoms with Crippen LogP contribution in [0.3, 0.4) is 0 Å². The third-order valence-electron chi connectivity index (χ3n) is 2.89. The van der Waals surface area contributed by atoms with E-state index >= 15 is 0 Å². The molecule has 0 atom stereocenters. The summed E-state index contributed by atoms with van der Waals surface area (Å²) in [6.07, 6.45) is 2.51. The van der Waals surface area contributed by atoms with Gasteiger partial charge in [-0.05, 0) is 30.5 Å². The molecule has 0 saturated heterocycles. The molecule has 0 saturated carbocycles. The fraction of sp³-hybridized carbons (Fsp3) is 0.417. The number of rotatable bonds is 3. The van der Waals surface area contributed by atoms with Crippen LogP contribution in [0.4, 0.5) is 0 Å². The molecule has 0 spiro atoms. The van der Waals surface area contributed by atoms with Gasteiger partial charge in [-0.1, -0.05) is 25.5 Å². The van der Waals surface area contributed by atoms with Crippen molar-refractivity contribution in [3.63, 3.8) is 0 Å². The second-order valence-corrected chi connectivity index (χ2v) is 5.17. The van der Waals surface area contributed by atoms with Crippen molar-refractivity contribution in [1.29, 1.82) is 0 Å². The van der Waals surface area contributed by atoms with E-state index in [-0.39, 0.29) is 0 Å². The van der Waals surface area contributed by atoms with Gasteiger partial charge in [0, 0.05) is 6.54 Å². The minimum absolute atomic E-state index is 0.973. The van der Waals surface area contributed by atoms with E-state index in [0.29, 0.717) is 0 Å². The molecule has 0 N–H and O–H groups in total. The number of imidazole rings is 1. The van der Waals surface area contributed by atoms with E-state index in [1.165, 1.54) is 18.4 Å². The Morgan fingerprint density at radius 1 is 1.38 bits per heavy atom. The first kappa shape index (κ1) is 10.2. The first-order valence-corrected chi connectivity index (χ1v) is 6.54. The highest BCUT2D eigenvalue weighted by Gasteiger charge is 2.22. The Balaban J connectivity index is 1.87. The van der Waals surface area contributed by atoms with E-state index in [9.17, 15) is 0 Å². The summed E-state index contributed by atoms with van der Waals surface area (Å²) in [5.41, 5.74) is 2.36. The standard InChI is InChI=1S/C12H15N3S/c1-2-3-8-14-9-15-11-7-5-4-6-10(11)13-12(15)16-14/h4-7H,2-3,8-9H2,1H3. The average Bonchev–Trinajstić information content (AvgIpc) is 2.83. The lowest BCUT2D eigenvalue weighted by Crippen LogP contribution is -2.14. The Hall–Kier alpha value is -1.00. The maximum Gasteiger partial charge on any atom is 0.185 e. The highest BCUT2D eigenvalue weighted by atomic mass is 32.2. The Bertz CT molecular complexity index is 506. The SMILES string of the molecule is CCCCN1Cn2c(nc3ccccc32)S1. The molecule has 3 nitrogen and oxygen atoms in total. The molecule has 0 unspecified atom stereocenters. The van der Waals surface area contributed by atoms with Crippen molar-refractivity contribution in [1.82, 2.24) is 13.9 Å². The van der Waals surface area contributed by atoms with Crippen molar-refractivity contribution in [2.75, 3.05) is 6.54 Å². The van der Waals surface area contributed by atoms with E-state index < -0.39 is 0 Å². The van der Waals surface area contributed by atoms with E-state index in [1.54, 1.807) is 11.9 Å². The Kier molecular flexibility index (Phi) is 2.61. The Morgan fingerprint density at radius 3 is 3.12 bits per heavy atom. The largest absolute Gasteiger partial charge is 0.303 e. The molecular formula is C12H15N3S. The summed E-state index contributed by atoms with van der Waals surface area (Å²) in [7, 11) is 0. The summed E-state index contributed by atoms with van der Waals surface area (Å²) in [6, 6.07) is 8.36. The van der Waals surface area contributed by atoms with Crippen LogP contribution < -0.4 is 0 Å². The molecule has 0 fully saturated rings. The number of hydrogen-bond donors (Lipinski definition) is 0. The predicted octanol–water partition coefficient (Wildman–Crippen LogP) is 3.12. The fourth-order valence-corrected chi connectivity index (χ4v) is 3.03. The molecular weight excluding hydrogens is 218 g/mol. The molecule has 16 heavy (non-hydrogen) atoms. The predicted molar refractivity (Wildman–Crippen MR) is 67.2 cm³/mol. The van der Waals surface area contributed by atoms with Crippen molar-refractivity contribution in [2.45, 2.75) is 31.6 Å². The van der Waals surface area contributed by atoms with Gasteiger partial charge in [-0.2, -0.15) is 0 Å². The van der Waals surface area contributed by atoms with Gasteiger partial charge in [0.2, 0.25) is 0 Å². The summed E-state index contributed by atoms with van der Waals surface area (Å²) in [4.78, 5) is 4.64. The second kappa shape index (κ2) is 4.11.